The van der Waals surface area contributed by atoms with Crippen LogP contribution in [-0.4, -0.2) is 19.3 Å². The minimum Gasteiger partial charge on any atom is -0.370 e. The maximum Gasteiger partial charge on any atom is 0.395 e. The fourth-order valence-electron chi connectivity index (χ4n) is 1.92. The molecule has 1 aromatic carbocycles. The van der Waals surface area contributed by atoms with Crippen molar-refractivity contribution in [1.29, 1.82) is 0 Å². The van der Waals surface area contributed by atoms with Gasteiger partial charge in [0.05, 0.1) is 5.92 Å². The zero-order chi connectivity index (χ0) is 12.6. The second-order valence-corrected chi connectivity index (χ2v) is 4.27. The molecule has 1 aliphatic rings. The summed E-state index contributed by atoms with van der Waals surface area (Å²) >= 11 is 0. The minimum atomic E-state index is -4.14. The molecule has 1 aromatic rings. The maximum atomic E-state index is 13.5. The van der Waals surface area contributed by atoms with E-state index >= 15 is 0 Å². The highest BCUT2D eigenvalue weighted by atomic mass is 19.4. The van der Waals surface area contributed by atoms with Crippen LogP contribution in [-0.2, 0) is 6.42 Å². The van der Waals surface area contributed by atoms with Gasteiger partial charge in [-0.1, -0.05) is 13.0 Å². The third kappa shape index (κ3) is 2.37. The van der Waals surface area contributed by atoms with Crippen LogP contribution in [0.25, 0.3) is 0 Å². The quantitative estimate of drug-likeness (QED) is 0.724. The number of benzene rings is 1. The molecule has 1 aliphatic heterocycles. The van der Waals surface area contributed by atoms with E-state index in [1.54, 1.807) is 17.0 Å². The molecule has 94 valence electrons. The number of alkyl halides is 3. The Hall–Kier alpha value is -1.26. The molecular formula is C12H13F4N. The smallest absolute Gasteiger partial charge is 0.370 e. The average molecular weight is 247 g/mol. The van der Waals surface area contributed by atoms with Crippen LogP contribution in [0.3, 0.4) is 0 Å². The standard InChI is InChI=1S/C12H13F4N/c1-2-8-3-4-10(5-11(8)13)17-6-9(7-17)12(14,15)16/h3-5,9H,2,6-7H2,1H3. The predicted octanol–water partition coefficient (Wildman–Crippen LogP) is 3.39. The van der Waals surface area contributed by atoms with Crippen molar-refractivity contribution >= 4 is 5.69 Å². The number of anilines is 1. The second kappa shape index (κ2) is 4.20. The van der Waals surface area contributed by atoms with Gasteiger partial charge in [-0.2, -0.15) is 13.2 Å². The van der Waals surface area contributed by atoms with Crippen LogP contribution >= 0.6 is 0 Å². The zero-order valence-electron chi connectivity index (χ0n) is 9.39. The summed E-state index contributed by atoms with van der Waals surface area (Å²) in [4.78, 5) is 1.54. The van der Waals surface area contributed by atoms with Crippen LogP contribution in [0, 0.1) is 11.7 Å². The molecule has 0 saturated carbocycles. The van der Waals surface area contributed by atoms with Gasteiger partial charge in [-0.05, 0) is 24.1 Å². The van der Waals surface area contributed by atoms with Crippen LogP contribution in [0.5, 0.6) is 0 Å². The number of nitrogens with zero attached hydrogens (tertiary/aromatic N) is 1. The second-order valence-electron chi connectivity index (χ2n) is 4.27. The van der Waals surface area contributed by atoms with E-state index in [0.717, 1.165) is 0 Å². The molecule has 2 rings (SSSR count). The Bertz CT molecular complexity index is 407. The van der Waals surface area contributed by atoms with Crippen LogP contribution in [0.1, 0.15) is 12.5 Å². The van der Waals surface area contributed by atoms with Crippen LogP contribution in [0.15, 0.2) is 18.2 Å². The number of hydrogen-bond donors (Lipinski definition) is 0. The first-order chi connectivity index (χ1) is 7.91. The van der Waals surface area contributed by atoms with Crippen LogP contribution in [0.2, 0.25) is 0 Å². The molecule has 1 saturated heterocycles. The number of aryl methyl sites for hydroxylation is 1. The Balaban J connectivity index is 2.04. The van der Waals surface area contributed by atoms with Gasteiger partial charge in [0.15, 0.2) is 0 Å². The number of halogens is 4. The van der Waals surface area contributed by atoms with Crippen molar-refractivity contribution in [1.82, 2.24) is 0 Å². The highest BCUT2D eigenvalue weighted by Crippen LogP contribution is 2.36. The third-order valence-electron chi connectivity index (χ3n) is 3.13. The first-order valence-corrected chi connectivity index (χ1v) is 5.52. The van der Waals surface area contributed by atoms with Gasteiger partial charge in [-0.15, -0.1) is 0 Å². The van der Waals surface area contributed by atoms with Crippen molar-refractivity contribution in [2.75, 3.05) is 18.0 Å². The van der Waals surface area contributed by atoms with Gasteiger partial charge >= 0.3 is 6.18 Å². The molecule has 1 heterocycles. The van der Waals surface area contributed by atoms with E-state index in [1.807, 2.05) is 6.92 Å². The molecule has 0 radical (unpaired) electrons. The van der Waals surface area contributed by atoms with Crippen LogP contribution < -0.4 is 4.90 Å². The van der Waals surface area contributed by atoms with Gasteiger partial charge in [-0.25, -0.2) is 4.39 Å². The Morgan fingerprint density at radius 2 is 1.94 bits per heavy atom. The first-order valence-electron chi connectivity index (χ1n) is 5.52. The van der Waals surface area contributed by atoms with Crippen LogP contribution in [0.4, 0.5) is 23.2 Å². The highest BCUT2D eigenvalue weighted by molar-refractivity contribution is 5.50. The van der Waals surface area contributed by atoms with Gasteiger partial charge in [-0.3, -0.25) is 0 Å². The molecule has 1 fully saturated rings. The van der Waals surface area contributed by atoms with Gasteiger partial charge in [0.2, 0.25) is 0 Å². The molecule has 1 nitrogen and oxygen atoms in total. The van der Waals surface area contributed by atoms with Crippen molar-refractivity contribution in [2.45, 2.75) is 19.5 Å². The lowest BCUT2D eigenvalue weighted by Gasteiger charge is -2.41. The summed E-state index contributed by atoms with van der Waals surface area (Å²) in [6, 6.07) is 4.62. The van der Waals surface area contributed by atoms with E-state index in [-0.39, 0.29) is 18.9 Å². The van der Waals surface area contributed by atoms with Crippen molar-refractivity contribution in [3.05, 3.63) is 29.6 Å². The third-order valence-corrected chi connectivity index (χ3v) is 3.13. The van der Waals surface area contributed by atoms with Gasteiger partial charge in [0, 0.05) is 18.8 Å². The minimum absolute atomic E-state index is 0.0750. The topological polar surface area (TPSA) is 3.24 Å². The SMILES string of the molecule is CCc1ccc(N2CC(C(F)(F)F)C2)cc1F. The zero-order valence-corrected chi connectivity index (χ0v) is 9.39. The molecule has 0 bridgehead atoms. The molecule has 5 heteroatoms. The van der Waals surface area contributed by atoms with E-state index in [4.69, 9.17) is 0 Å². The molecule has 0 spiro atoms. The number of hydrogen-bond acceptors (Lipinski definition) is 1. The molecule has 0 N–H and O–H groups in total. The Morgan fingerprint density at radius 1 is 1.29 bits per heavy atom. The predicted molar refractivity (Wildman–Crippen MR) is 57.5 cm³/mol. The highest BCUT2D eigenvalue weighted by Gasteiger charge is 2.47. The number of rotatable bonds is 2. The van der Waals surface area contributed by atoms with E-state index in [9.17, 15) is 17.6 Å². The van der Waals surface area contributed by atoms with Gasteiger partial charge in [0.25, 0.3) is 0 Å². The molecule has 0 aromatic heterocycles. The Labute approximate surface area is 97.0 Å². The fourth-order valence-corrected chi connectivity index (χ4v) is 1.92. The molecule has 0 unspecified atom stereocenters. The summed E-state index contributed by atoms with van der Waals surface area (Å²) in [5.41, 5.74) is 1.11. The van der Waals surface area contributed by atoms with Crippen molar-refractivity contribution in [3.8, 4) is 0 Å². The summed E-state index contributed by atoms with van der Waals surface area (Å²) in [7, 11) is 0. The summed E-state index contributed by atoms with van der Waals surface area (Å²) < 4.78 is 50.3. The lowest BCUT2D eigenvalue weighted by atomic mass is 9.98. The average Bonchev–Trinajstić information content (AvgIpc) is 2.13. The maximum absolute atomic E-state index is 13.5. The van der Waals surface area contributed by atoms with E-state index in [1.165, 1.54) is 6.07 Å². The molecule has 0 atom stereocenters. The van der Waals surface area contributed by atoms with E-state index in [0.29, 0.717) is 17.7 Å². The Kier molecular flexibility index (Phi) is 3.02. The largest absolute Gasteiger partial charge is 0.395 e. The molecule has 0 amide bonds. The fraction of sp³-hybridized carbons (Fsp3) is 0.500. The Morgan fingerprint density at radius 3 is 2.41 bits per heavy atom. The van der Waals surface area contributed by atoms with E-state index in [2.05, 4.69) is 0 Å². The van der Waals surface area contributed by atoms with Crippen molar-refractivity contribution in [3.63, 3.8) is 0 Å². The van der Waals surface area contributed by atoms with Crippen molar-refractivity contribution < 1.29 is 17.6 Å². The molecule has 0 aliphatic carbocycles. The lowest BCUT2D eigenvalue weighted by Crippen LogP contribution is -2.53. The van der Waals surface area contributed by atoms with Gasteiger partial charge < -0.3 is 4.90 Å². The van der Waals surface area contributed by atoms with E-state index < -0.39 is 12.1 Å². The summed E-state index contributed by atoms with van der Waals surface area (Å²) in [6.45, 7) is 1.68. The van der Waals surface area contributed by atoms with Gasteiger partial charge in [0.1, 0.15) is 5.82 Å². The summed E-state index contributed by atoms with van der Waals surface area (Å²) in [5.74, 6) is -1.63. The van der Waals surface area contributed by atoms with Crippen molar-refractivity contribution in [2.24, 2.45) is 5.92 Å². The summed E-state index contributed by atoms with van der Waals surface area (Å²) in [5, 5.41) is 0. The monoisotopic (exact) mass is 247 g/mol. The molecular weight excluding hydrogens is 234 g/mol. The molecule has 17 heavy (non-hydrogen) atoms. The normalized spacial score (nSPS) is 17.1. The first kappa shape index (κ1) is 12.2. The lowest BCUT2D eigenvalue weighted by molar-refractivity contribution is -0.180. The summed E-state index contributed by atoms with van der Waals surface area (Å²) in [6.07, 6.45) is -3.56.